The molecular formula is C19H36N4O2. The van der Waals surface area contributed by atoms with E-state index in [0.29, 0.717) is 0 Å². The van der Waals surface area contributed by atoms with E-state index >= 15 is 0 Å². The zero-order valence-corrected chi connectivity index (χ0v) is 17.2. The maximum Gasteiger partial charge on any atom is 0.0898 e. The van der Waals surface area contributed by atoms with Crippen LogP contribution in [0.15, 0.2) is 9.98 Å². The van der Waals surface area contributed by atoms with Gasteiger partial charge in [0.25, 0.3) is 0 Å². The highest BCUT2D eigenvalue weighted by molar-refractivity contribution is 5.42. The number of hydrogen-bond acceptors (Lipinski definition) is 6. The molecule has 0 aromatic rings. The van der Waals surface area contributed by atoms with Crippen LogP contribution < -0.4 is 0 Å². The molecule has 0 bridgehead atoms. The summed E-state index contributed by atoms with van der Waals surface area (Å²) in [5.74, 6) is 0. The summed E-state index contributed by atoms with van der Waals surface area (Å²) in [5.41, 5.74) is -1.26. The predicted octanol–water partition coefficient (Wildman–Crippen LogP) is 3.98. The molecule has 0 unspecified atom stereocenters. The molecule has 6 heteroatoms. The molecule has 2 saturated heterocycles. The van der Waals surface area contributed by atoms with E-state index in [4.69, 9.17) is 0 Å². The maximum atomic E-state index is 10.4. The summed E-state index contributed by atoms with van der Waals surface area (Å²) >= 11 is 0. The van der Waals surface area contributed by atoms with Gasteiger partial charge in [-0.1, -0.05) is 0 Å². The van der Waals surface area contributed by atoms with E-state index in [0.717, 1.165) is 25.7 Å². The standard InChI is InChI=1S/C19H36N4O2/c1-16(2)9-14(10-17(3,4)22(16)24)20-13-21-15-11-18(5,6)23(25)19(7,8)12-15/h14-15,24-25H,9-12H2,1-8H3. The van der Waals surface area contributed by atoms with Crippen LogP contribution in [0.4, 0.5) is 0 Å². The number of rotatable bonds is 2. The van der Waals surface area contributed by atoms with Gasteiger partial charge < -0.3 is 10.4 Å². The highest BCUT2D eigenvalue weighted by Gasteiger charge is 2.46. The van der Waals surface area contributed by atoms with Gasteiger partial charge in [-0.3, -0.25) is 0 Å². The summed E-state index contributed by atoms with van der Waals surface area (Å²) < 4.78 is 0. The largest absolute Gasteiger partial charge is 0.313 e. The highest BCUT2D eigenvalue weighted by Crippen LogP contribution is 2.39. The summed E-state index contributed by atoms with van der Waals surface area (Å²) in [6.45, 7) is 16.3. The van der Waals surface area contributed by atoms with Crippen LogP contribution in [0.2, 0.25) is 0 Å². The lowest BCUT2D eigenvalue weighted by molar-refractivity contribution is -0.244. The second-order valence-corrected chi connectivity index (χ2v) is 10.4. The predicted molar refractivity (Wildman–Crippen MR) is 99.5 cm³/mol. The monoisotopic (exact) mass is 352 g/mol. The van der Waals surface area contributed by atoms with Crippen LogP contribution in [0.3, 0.4) is 0 Å². The Bertz CT molecular complexity index is 480. The van der Waals surface area contributed by atoms with Crippen molar-refractivity contribution in [2.75, 3.05) is 0 Å². The Kier molecular flexibility index (Phi) is 5.28. The van der Waals surface area contributed by atoms with E-state index in [1.165, 1.54) is 10.1 Å². The van der Waals surface area contributed by atoms with Gasteiger partial charge in [0.2, 0.25) is 0 Å². The Morgan fingerprint density at radius 2 is 0.880 bits per heavy atom. The normalized spacial score (nSPS) is 29.8. The van der Waals surface area contributed by atoms with Gasteiger partial charge in [-0.2, -0.15) is 10.1 Å². The van der Waals surface area contributed by atoms with Crippen molar-refractivity contribution in [3.63, 3.8) is 0 Å². The Morgan fingerprint density at radius 3 is 1.12 bits per heavy atom. The minimum Gasteiger partial charge on any atom is -0.313 e. The molecule has 0 radical (unpaired) electrons. The van der Waals surface area contributed by atoms with Crippen LogP contribution in [0.5, 0.6) is 0 Å². The molecule has 0 atom stereocenters. The fourth-order valence-electron chi connectivity index (χ4n) is 4.81. The lowest BCUT2D eigenvalue weighted by Gasteiger charge is -2.50. The first-order valence-corrected chi connectivity index (χ1v) is 9.31. The van der Waals surface area contributed by atoms with Crippen molar-refractivity contribution in [2.45, 2.75) is 115 Å². The molecule has 25 heavy (non-hydrogen) atoms. The number of hydroxylamine groups is 4. The molecule has 2 N–H and O–H groups in total. The average Bonchev–Trinajstić information content (AvgIpc) is 2.41. The molecule has 0 aromatic heterocycles. The van der Waals surface area contributed by atoms with Gasteiger partial charge in [-0.15, -0.1) is 0 Å². The van der Waals surface area contributed by atoms with E-state index in [-0.39, 0.29) is 34.2 Å². The fraction of sp³-hybridized carbons (Fsp3) is 0.947. The van der Waals surface area contributed by atoms with E-state index in [1.807, 2.05) is 55.4 Å². The molecule has 6 nitrogen and oxygen atoms in total. The number of aliphatic imine (C=N–C) groups is 2. The molecule has 2 aliphatic heterocycles. The summed E-state index contributed by atoms with van der Waals surface area (Å²) in [7, 11) is 0. The molecular weight excluding hydrogens is 316 g/mol. The summed E-state index contributed by atoms with van der Waals surface area (Å²) in [6, 6.07) is 3.17. The molecule has 2 fully saturated rings. The van der Waals surface area contributed by atoms with Gasteiger partial charge in [0.1, 0.15) is 0 Å². The fourth-order valence-corrected chi connectivity index (χ4v) is 4.81. The lowest BCUT2D eigenvalue weighted by atomic mass is 9.79. The van der Waals surface area contributed by atoms with Crippen molar-refractivity contribution in [1.82, 2.24) is 10.1 Å². The molecule has 0 aromatic carbocycles. The van der Waals surface area contributed by atoms with Gasteiger partial charge in [0.05, 0.1) is 18.1 Å². The minimum atomic E-state index is -0.316. The van der Waals surface area contributed by atoms with Gasteiger partial charge in [0.15, 0.2) is 0 Å². The van der Waals surface area contributed by atoms with E-state index in [9.17, 15) is 10.4 Å². The quantitative estimate of drug-likeness (QED) is 0.737. The molecule has 2 heterocycles. The van der Waals surface area contributed by atoms with Crippen molar-refractivity contribution >= 4 is 6.01 Å². The van der Waals surface area contributed by atoms with Gasteiger partial charge in [-0.25, -0.2) is 9.98 Å². The third kappa shape index (κ3) is 4.32. The highest BCUT2D eigenvalue weighted by atomic mass is 16.5. The van der Waals surface area contributed by atoms with Crippen molar-refractivity contribution in [2.24, 2.45) is 9.98 Å². The van der Waals surface area contributed by atoms with Crippen molar-refractivity contribution in [3.8, 4) is 0 Å². The SMILES string of the molecule is CC1(C)CC(N=C=NC2CC(C)(C)N(O)C(C)(C)C2)CC(C)(C)N1O. The van der Waals surface area contributed by atoms with Crippen LogP contribution in [0.1, 0.15) is 81.1 Å². The van der Waals surface area contributed by atoms with Crippen molar-refractivity contribution in [1.29, 1.82) is 0 Å². The molecule has 144 valence electrons. The Morgan fingerprint density at radius 1 is 0.640 bits per heavy atom. The topological polar surface area (TPSA) is 71.7 Å². The molecule has 0 spiro atoms. The van der Waals surface area contributed by atoms with Gasteiger partial charge >= 0.3 is 0 Å². The first-order chi connectivity index (χ1) is 11.2. The molecule has 0 saturated carbocycles. The first-order valence-electron chi connectivity index (χ1n) is 9.31. The van der Waals surface area contributed by atoms with Crippen LogP contribution in [0.25, 0.3) is 0 Å². The van der Waals surface area contributed by atoms with Crippen LogP contribution >= 0.6 is 0 Å². The van der Waals surface area contributed by atoms with E-state index in [1.54, 1.807) is 0 Å². The summed E-state index contributed by atoms with van der Waals surface area (Å²) in [5, 5.41) is 23.7. The number of hydrogen-bond donors (Lipinski definition) is 2. The Hall–Kier alpha value is -0.780. The maximum absolute atomic E-state index is 10.4. The third-order valence-electron chi connectivity index (χ3n) is 5.71. The molecule has 2 rings (SSSR count). The summed E-state index contributed by atoms with van der Waals surface area (Å²) in [6.07, 6.45) is 3.12. The Labute approximate surface area is 152 Å². The second-order valence-electron chi connectivity index (χ2n) is 10.4. The van der Waals surface area contributed by atoms with Crippen molar-refractivity contribution < 1.29 is 10.4 Å². The van der Waals surface area contributed by atoms with Gasteiger partial charge in [-0.05, 0) is 81.1 Å². The zero-order valence-electron chi connectivity index (χ0n) is 17.2. The van der Waals surface area contributed by atoms with Crippen LogP contribution in [0, 0.1) is 0 Å². The van der Waals surface area contributed by atoms with E-state index < -0.39 is 0 Å². The molecule has 2 aliphatic rings. The number of nitrogens with zero attached hydrogens (tertiary/aromatic N) is 4. The molecule has 0 aliphatic carbocycles. The first kappa shape index (κ1) is 20.5. The smallest absolute Gasteiger partial charge is 0.0898 e. The summed E-state index contributed by atoms with van der Waals surface area (Å²) in [4.78, 5) is 9.17. The molecule has 0 amide bonds. The van der Waals surface area contributed by atoms with Gasteiger partial charge in [0, 0.05) is 22.2 Å². The lowest BCUT2D eigenvalue weighted by Crippen LogP contribution is -2.60. The van der Waals surface area contributed by atoms with Crippen LogP contribution in [-0.2, 0) is 0 Å². The minimum absolute atomic E-state index is 0.108. The number of piperidine rings is 2. The van der Waals surface area contributed by atoms with Crippen LogP contribution in [-0.4, -0.2) is 60.8 Å². The average molecular weight is 353 g/mol. The third-order valence-corrected chi connectivity index (χ3v) is 5.71. The second kappa shape index (κ2) is 6.43. The van der Waals surface area contributed by atoms with Crippen molar-refractivity contribution in [3.05, 3.63) is 0 Å². The Balaban J connectivity index is 2.11. The van der Waals surface area contributed by atoms with E-state index in [2.05, 4.69) is 16.0 Å². The zero-order chi connectivity index (χ0) is 19.3.